The minimum absolute atomic E-state index is 0.137. The highest BCUT2D eigenvalue weighted by atomic mass is 32.2. The van der Waals surface area contributed by atoms with Gasteiger partial charge in [-0.05, 0) is 12.7 Å². The van der Waals surface area contributed by atoms with Crippen molar-refractivity contribution in [2.45, 2.75) is 19.4 Å². The molecule has 0 aliphatic rings. The first kappa shape index (κ1) is 11.8. The van der Waals surface area contributed by atoms with E-state index in [1.807, 2.05) is 13.2 Å². The average molecular weight is 191 g/mol. The summed E-state index contributed by atoms with van der Waals surface area (Å²) in [5.74, 6) is 0.853. The minimum atomic E-state index is -0.168. The molecular formula is C8H17NO2S. The Hall–Kier alpha value is -0.220. The van der Waals surface area contributed by atoms with Gasteiger partial charge in [-0.15, -0.1) is 0 Å². The number of carbonyl (C=O) groups is 1. The molecule has 12 heavy (non-hydrogen) atoms. The van der Waals surface area contributed by atoms with Crippen LogP contribution in [0.15, 0.2) is 0 Å². The average Bonchev–Trinajstić information content (AvgIpc) is 2.11. The van der Waals surface area contributed by atoms with Crippen LogP contribution in [0, 0.1) is 0 Å². The van der Waals surface area contributed by atoms with Crippen molar-refractivity contribution < 1.29 is 9.53 Å². The largest absolute Gasteiger partial charge is 0.468 e. The number of nitrogens with one attached hydrogen (secondary N) is 1. The summed E-state index contributed by atoms with van der Waals surface area (Å²) in [4.78, 5) is 11.0. The molecule has 0 saturated heterocycles. The van der Waals surface area contributed by atoms with E-state index < -0.39 is 0 Å². The Morgan fingerprint density at radius 1 is 1.67 bits per heavy atom. The SMILES string of the molecule is CCC(NCCSC)C(=O)OC. The zero-order valence-electron chi connectivity index (χ0n) is 7.92. The van der Waals surface area contributed by atoms with Gasteiger partial charge >= 0.3 is 5.97 Å². The second kappa shape index (κ2) is 7.43. The predicted molar refractivity (Wildman–Crippen MR) is 52.5 cm³/mol. The highest BCUT2D eigenvalue weighted by Gasteiger charge is 2.14. The molecule has 1 unspecified atom stereocenters. The maximum atomic E-state index is 11.0. The summed E-state index contributed by atoms with van der Waals surface area (Å²) < 4.78 is 4.63. The molecule has 4 heteroatoms. The van der Waals surface area contributed by atoms with Gasteiger partial charge in [-0.1, -0.05) is 6.92 Å². The Balaban J connectivity index is 3.60. The first-order valence-corrected chi connectivity index (χ1v) is 5.45. The van der Waals surface area contributed by atoms with E-state index in [-0.39, 0.29) is 12.0 Å². The van der Waals surface area contributed by atoms with E-state index >= 15 is 0 Å². The number of esters is 1. The second-order valence-electron chi connectivity index (χ2n) is 2.43. The third-order valence-electron chi connectivity index (χ3n) is 1.59. The van der Waals surface area contributed by atoms with Crippen LogP contribution >= 0.6 is 11.8 Å². The summed E-state index contributed by atoms with van der Waals surface area (Å²) in [6, 6.07) is -0.137. The molecule has 1 atom stereocenters. The number of hydrogen-bond donors (Lipinski definition) is 1. The summed E-state index contributed by atoms with van der Waals surface area (Å²) in [6.45, 7) is 2.82. The molecule has 0 fully saturated rings. The third-order valence-corrected chi connectivity index (χ3v) is 2.20. The van der Waals surface area contributed by atoms with Gasteiger partial charge in [0, 0.05) is 12.3 Å². The fraction of sp³-hybridized carbons (Fsp3) is 0.875. The number of hydrogen-bond acceptors (Lipinski definition) is 4. The van der Waals surface area contributed by atoms with Crippen LogP contribution in [0.25, 0.3) is 0 Å². The number of methoxy groups -OCH3 is 1. The van der Waals surface area contributed by atoms with Gasteiger partial charge in [-0.3, -0.25) is 4.79 Å². The molecule has 0 amide bonds. The van der Waals surface area contributed by atoms with Crippen LogP contribution in [0.2, 0.25) is 0 Å². The van der Waals surface area contributed by atoms with E-state index in [1.54, 1.807) is 11.8 Å². The van der Waals surface area contributed by atoms with Crippen molar-refractivity contribution in [2.24, 2.45) is 0 Å². The summed E-state index contributed by atoms with van der Waals surface area (Å²) in [7, 11) is 1.42. The fourth-order valence-corrected chi connectivity index (χ4v) is 1.19. The van der Waals surface area contributed by atoms with Gasteiger partial charge in [0.1, 0.15) is 6.04 Å². The molecule has 0 aliphatic heterocycles. The smallest absolute Gasteiger partial charge is 0.322 e. The van der Waals surface area contributed by atoms with Crippen molar-refractivity contribution in [3.05, 3.63) is 0 Å². The van der Waals surface area contributed by atoms with Gasteiger partial charge < -0.3 is 10.1 Å². The zero-order chi connectivity index (χ0) is 9.40. The predicted octanol–water partition coefficient (Wildman–Crippen LogP) is 0.891. The maximum absolute atomic E-state index is 11.0. The van der Waals surface area contributed by atoms with Crippen LogP contribution < -0.4 is 5.32 Å². The molecule has 0 aromatic heterocycles. The first-order valence-electron chi connectivity index (χ1n) is 4.06. The highest BCUT2D eigenvalue weighted by Crippen LogP contribution is 1.95. The summed E-state index contributed by atoms with van der Waals surface area (Å²) in [5.41, 5.74) is 0. The van der Waals surface area contributed by atoms with E-state index in [4.69, 9.17) is 0 Å². The standard InChI is InChI=1S/C8H17NO2S/c1-4-7(8(10)11-2)9-5-6-12-3/h7,9H,4-6H2,1-3H3. The first-order chi connectivity index (χ1) is 5.76. The van der Waals surface area contributed by atoms with Crippen molar-refractivity contribution in [3.63, 3.8) is 0 Å². The van der Waals surface area contributed by atoms with E-state index in [2.05, 4.69) is 10.1 Å². The van der Waals surface area contributed by atoms with Crippen LogP contribution in [-0.2, 0) is 9.53 Å². The van der Waals surface area contributed by atoms with Crippen LogP contribution in [0.5, 0.6) is 0 Å². The van der Waals surface area contributed by atoms with Gasteiger partial charge in [-0.2, -0.15) is 11.8 Å². The lowest BCUT2D eigenvalue weighted by atomic mass is 10.2. The quantitative estimate of drug-likeness (QED) is 0.500. The molecule has 0 heterocycles. The third kappa shape index (κ3) is 4.62. The fourth-order valence-electron chi connectivity index (χ4n) is 0.872. The lowest BCUT2D eigenvalue weighted by Crippen LogP contribution is -2.38. The Morgan fingerprint density at radius 2 is 2.33 bits per heavy atom. The van der Waals surface area contributed by atoms with Crippen molar-refractivity contribution in [2.75, 3.05) is 25.7 Å². The summed E-state index contributed by atoms with van der Waals surface area (Å²) >= 11 is 1.76. The lowest BCUT2D eigenvalue weighted by molar-refractivity contribution is -0.143. The monoisotopic (exact) mass is 191 g/mol. The van der Waals surface area contributed by atoms with Crippen molar-refractivity contribution in [1.82, 2.24) is 5.32 Å². The highest BCUT2D eigenvalue weighted by molar-refractivity contribution is 7.98. The molecule has 1 N–H and O–H groups in total. The Bertz CT molecular complexity index is 130. The number of carbonyl (C=O) groups excluding carboxylic acids is 1. The van der Waals surface area contributed by atoms with Crippen LogP contribution in [0.1, 0.15) is 13.3 Å². The molecule has 0 rings (SSSR count). The molecule has 0 radical (unpaired) electrons. The molecular weight excluding hydrogens is 174 g/mol. The topological polar surface area (TPSA) is 38.3 Å². The minimum Gasteiger partial charge on any atom is -0.468 e. The summed E-state index contributed by atoms with van der Waals surface area (Å²) in [6.07, 6.45) is 2.82. The van der Waals surface area contributed by atoms with Gasteiger partial charge in [0.15, 0.2) is 0 Å². The normalized spacial score (nSPS) is 12.6. The van der Waals surface area contributed by atoms with Crippen LogP contribution in [0.4, 0.5) is 0 Å². The molecule has 72 valence electrons. The van der Waals surface area contributed by atoms with Gasteiger partial charge in [0.05, 0.1) is 7.11 Å². The van der Waals surface area contributed by atoms with E-state index in [1.165, 1.54) is 7.11 Å². The second-order valence-corrected chi connectivity index (χ2v) is 3.42. The van der Waals surface area contributed by atoms with Crippen LogP contribution in [-0.4, -0.2) is 37.7 Å². The molecule has 3 nitrogen and oxygen atoms in total. The Morgan fingerprint density at radius 3 is 2.75 bits per heavy atom. The van der Waals surface area contributed by atoms with Crippen LogP contribution in [0.3, 0.4) is 0 Å². The number of thioether (sulfide) groups is 1. The molecule has 0 aromatic rings. The van der Waals surface area contributed by atoms with Crippen molar-refractivity contribution in [3.8, 4) is 0 Å². The van der Waals surface area contributed by atoms with Gasteiger partial charge in [0.25, 0.3) is 0 Å². The van der Waals surface area contributed by atoms with Gasteiger partial charge in [-0.25, -0.2) is 0 Å². The van der Waals surface area contributed by atoms with E-state index in [0.717, 1.165) is 18.7 Å². The Labute approximate surface area is 78.2 Å². The molecule has 0 spiro atoms. The molecule has 0 bridgehead atoms. The van der Waals surface area contributed by atoms with E-state index in [9.17, 15) is 4.79 Å². The molecule has 0 saturated carbocycles. The van der Waals surface area contributed by atoms with Crippen molar-refractivity contribution in [1.29, 1.82) is 0 Å². The van der Waals surface area contributed by atoms with Gasteiger partial charge in [0.2, 0.25) is 0 Å². The maximum Gasteiger partial charge on any atom is 0.322 e. The lowest BCUT2D eigenvalue weighted by Gasteiger charge is -2.13. The number of rotatable bonds is 6. The Kier molecular flexibility index (Phi) is 7.29. The zero-order valence-corrected chi connectivity index (χ0v) is 8.74. The molecule has 0 aliphatic carbocycles. The van der Waals surface area contributed by atoms with E-state index in [0.29, 0.717) is 0 Å². The summed E-state index contributed by atoms with van der Waals surface area (Å²) in [5, 5.41) is 3.13. The number of ether oxygens (including phenoxy) is 1. The van der Waals surface area contributed by atoms with Crippen molar-refractivity contribution >= 4 is 17.7 Å². The molecule has 0 aromatic carbocycles.